The van der Waals surface area contributed by atoms with Gasteiger partial charge in [-0.15, -0.1) is 0 Å². The molecule has 1 aromatic heterocycles. The molecule has 2 heterocycles. The fourth-order valence-corrected chi connectivity index (χ4v) is 6.79. The number of halogens is 1. The zero-order valence-electron chi connectivity index (χ0n) is 20.8. The van der Waals surface area contributed by atoms with E-state index in [0.29, 0.717) is 27.4 Å². The minimum absolute atomic E-state index is 0.0462. The molecule has 6 rings (SSSR count). The first-order valence-corrected chi connectivity index (χ1v) is 14.0. The van der Waals surface area contributed by atoms with E-state index in [1.807, 2.05) is 41.0 Å². The van der Waals surface area contributed by atoms with E-state index in [-0.39, 0.29) is 11.6 Å². The molecule has 1 atom stereocenters. The number of thiazole rings is 1. The van der Waals surface area contributed by atoms with Crippen LogP contribution < -0.4 is 24.4 Å². The standard InChI is InChI=1S/C31H25BrN2O3S/c1-3-15-37-29-24(32)16-19(17-25(29)36-2)18-26-30(35)34-28(21-10-5-4-6-11-21)23-14-13-20-9-7-8-12-22(20)27(23)33-31(34)38-26/h3-12,16-18,28H,1,13-15H2,2H3/b26-18-/t28-/m1/s1. The predicted octanol–water partition coefficient (Wildman–Crippen LogP) is 5.65. The Balaban J connectivity index is 1.55. The van der Waals surface area contributed by atoms with Gasteiger partial charge in [-0.1, -0.05) is 78.6 Å². The second-order valence-electron chi connectivity index (χ2n) is 9.16. The first-order chi connectivity index (χ1) is 18.6. The molecule has 0 unspecified atom stereocenters. The normalized spacial score (nSPS) is 16.3. The highest BCUT2D eigenvalue weighted by atomic mass is 79.9. The Kier molecular flexibility index (Phi) is 6.64. The average Bonchev–Trinajstić information content (AvgIpc) is 3.25. The van der Waals surface area contributed by atoms with E-state index in [0.717, 1.165) is 39.7 Å². The number of nitrogens with zero attached hydrogens (tertiary/aromatic N) is 2. The number of methoxy groups -OCH3 is 1. The summed E-state index contributed by atoms with van der Waals surface area (Å²) in [5.74, 6) is 1.18. The minimum Gasteiger partial charge on any atom is -0.493 e. The summed E-state index contributed by atoms with van der Waals surface area (Å²) in [7, 11) is 1.60. The van der Waals surface area contributed by atoms with E-state index in [1.165, 1.54) is 22.5 Å². The molecular formula is C31H25BrN2O3S. The summed E-state index contributed by atoms with van der Waals surface area (Å²) >= 11 is 5.01. The lowest BCUT2D eigenvalue weighted by molar-refractivity contribution is 0.324. The van der Waals surface area contributed by atoms with Crippen LogP contribution in [0.25, 0.3) is 11.8 Å². The number of aromatic nitrogens is 1. The predicted molar refractivity (Wildman–Crippen MR) is 156 cm³/mol. The van der Waals surface area contributed by atoms with Gasteiger partial charge in [0.1, 0.15) is 6.61 Å². The Labute approximate surface area is 232 Å². The number of allylic oxidation sites excluding steroid dienone is 1. The lowest BCUT2D eigenvalue weighted by Crippen LogP contribution is -2.38. The second-order valence-corrected chi connectivity index (χ2v) is 11.0. The number of fused-ring (bicyclic) bond motifs is 3. The van der Waals surface area contributed by atoms with E-state index in [4.69, 9.17) is 14.5 Å². The lowest BCUT2D eigenvalue weighted by Gasteiger charge is -2.30. The van der Waals surface area contributed by atoms with Crippen LogP contribution in [0.2, 0.25) is 0 Å². The Morgan fingerprint density at radius 2 is 1.92 bits per heavy atom. The first kappa shape index (κ1) is 24.6. The molecule has 0 saturated heterocycles. The molecule has 0 spiro atoms. The van der Waals surface area contributed by atoms with Crippen molar-refractivity contribution in [1.29, 1.82) is 0 Å². The SMILES string of the molecule is C=CCOc1c(Br)cc(/C=c2\sc3n(c2=O)[C@H](c2ccccc2)C2=C(N=3)c3ccccc3CC2)cc1OC. The number of ether oxygens (including phenoxy) is 2. The largest absolute Gasteiger partial charge is 0.493 e. The molecule has 0 fully saturated rings. The van der Waals surface area contributed by atoms with Gasteiger partial charge in [0.15, 0.2) is 16.3 Å². The maximum atomic E-state index is 14.0. The number of hydrogen-bond acceptors (Lipinski definition) is 5. The smallest absolute Gasteiger partial charge is 0.271 e. The van der Waals surface area contributed by atoms with E-state index < -0.39 is 0 Å². The van der Waals surface area contributed by atoms with Gasteiger partial charge in [-0.2, -0.15) is 0 Å². The third-order valence-electron chi connectivity index (χ3n) is 6.88. The van der Waals surface area contributed by atoms with Crippen LogP contribution in [0.5, 0.6) is 11.5 Å². The van der Waals surface area contributed by atoms with Crippen molar-refractivity contribution in [3.63, 3.8) is 0 Å². The quantitative estimate of drug-likeness (QED) is 0.275. The summed E-state index contributed by atoms with van der Waals surface area (Å²) in [6.07, 6.45) is 5.39. The van der Waals surface area contributed by atoms with Gasteiger partial charge in [0.25, 0.3) is 5.56 Å². The van der Waals surface area contributed by atoms with E-state index in [9.17, 15) is 4.79 Å². The number of hydrogen-bond donors (Lipinski definition) is 0. The first-order valence-electron chi connectivity index (χ1n) is 12.4. The van der Waals surface area contributed by atoms with E-state index in [1.54, 1.807) is 13.2 Å². The van der Waals surface area contributed by atoms with Gasteiger partial charge in [-0.3, -0.25) is 9.36 Å². The van der Waals surface area contributed by atoms with Crippen molar-refractivity contribution in [2.24, 2.45) is 4.99 Å². The monoisotopic (exact) mass is 584 g/mol. The Morgan fingerprint density at radius 3 is 2.71 bits per heavy atom. The molecule has 0 N–H and O–H groups in total. The molecule has 3 aromatic carbocycles. The molecule has 2 aliphatic rings. The van der Waals surface area contributed by atoms with Gasteiger partial charge in [0, 0.05) is 5.56 Å². The highest BCUT2D eigenvalue weighted by Gasteiger charge is 2.32. The van der Waals surface area contributed by atoms with Crippen molar-refractivity contribution in [2.45, 2.75) is 18.9 Å². The van der Waals surface area contributed by atoms with Crippen molar-refractivity contribution in [2.75, 3.05) is 13.7 Å². The summed E-state index contributed by atoms with van der Waals surface area (Å²) in [5.41, 5.74) is 6.54. The van der Waals surface area contributed by atoms with Crippen LogP contribution in [0.15, 0.2) is 99.2 Å². The van der Waals surface area contributed by atoms with Crippen LogP contribution in [0.3, 0.4) is 0 Å². The third-order valence-corrected chi connectivity index (χ3v) is 8.46. The number of aryl methyl sites for hydroxylation is 1. The minimum atomic E-state index is -0.186. The summed E-state index contributed by atoms with van der Waals surface area (Å²) in [5, 5.41) is 0. The lowest BCUT2D eigenvalue weighted by atomic mass is 9.83. The molecule has 38 heavy (non-hydrogen) atoms. The second kappa shape index (κ2) is 10.2. The third kappa shape index (κ3) is 4.25. The van der Waals surface area contributed by atoms with Gasteiger partial charge in [-0.25, -0.2) is 4.99 Å². The van der Waals surface area contributed by atoms with Crippen LogP contribution in [0, 0.1) is 0 Å². The van der Waals surface area contributed by atoms with Gasteiger partial charge < -0.3 is 9.47 Å². The van der Waals surface area contributed by atoms with Crippen LogP contribution in [0.4, 0.5) is 0 Å². The van der Waals surface area contributed by atoms with Crippen LogP contribution in [-0.4, -0.2) is 18.3 Å². The summed E-state index contributed by atoms with van der Waals surface area (Å²) in [6, 6.07) is 22.3. The van der Waals surface area contributed by atoms with Crippen LogP contribution in [0.1, 0.15) is 34.7 Å². The molecule has 1 aliphatic heterocycles. The van der Waals surface area contributed by atoms with Gasteiger partial charge in [0.2, 0.25) is 0 Å². The molecule has 1 aliphatic carbocycles. The summed E-state index contributed by atoms with van der Waals surface area (Å²) < 4.78 is 14.6. The Morgan fingerprint density at radius 1 is 1.13 bits per heavy atom. The van der Waals surface area contributed by atoms with Gasteiger partial charge >= 0.3 is 0 Å². The van der Waals surface area contributed by atoms with Gasteiger partial charge in [0.05, 0.1) is 27.9 Å². The highest BCUT2D eigenvalue weighted by molar-refractivity contribution is 9.10. The summed E-state index contributed by atoms with van der Waals surface area (Å²) in [6.45, 7) is 4.07. The molecule has 0 radical (unpaired) electrons. The average molecular weight is 586 g/mol. The number of benzene rings is 3. The molecule has 0 amide bonds. The van der Waals surface area contributed by atoms with Crippen LogP contribution in [-0.2, 0) is 6.42 Å². The fraction of sp³-hybridized carbons (Fsp3) is 0.161. The van der Waals surface area contributed by atoms with Crippen molar-refractivity contribution < 1.29 is 9.47 Å². The van der Waals surface area contributed by atoms with Crippen molar-refractivity contribution in [3.8, 4) is 11.5 Å². The maximum absolute atomic E-state index is 14.0. The molecule has 4 aromatic rings. The molecule has 0 bridgehead atoms. The van der Waals surface area contributed by atoms with Crippen molar-refractivity contribution >= 4 is 39.0 Å². The van der Waals surface area contributed by atoms with E-state index in [2.05, 4.69) is 58.9 Å². The van der Waals surface area contributed by atoms with Crippen LogP contribution >= 0.6 is 27.3 Å². The maximum Gasteiger partial charge on any atom is 0.271 e. The van der Waals surface area contributed by atoms with Crippen molar-refractivity contribution in [1.82, 2.24) is 4.57 Å². The Bertz CT molecular complexity index is 1770. The Hall–Kier alpha value is -3.68. The molecule has 190 valence electrons. The van der Waals surface area contributed by atoms with E-state index >= 15 is 0 Å². The van der Waals surface area contributed by atoms with Crippen molar-refractivity contribution in [3.05, 3.63) is 131 Å². The molecule has 0 saturated carbocycles. The van der Waals surface area contributed by atoms with Gasteiger partial charge in [-0.05, 0) is 69.2 Å². The zero-order valence-corrected chi connectivity index (χ0v) is 23.2. The topological polar surface area (TPSA) is 52.8 Å². The molecule has 7 heteroatoms. The zero-order chi connectivity index (χ0) is 26.2. The fourth-order valence-electron chi connectivity index (χ4n) is 5.21. The highest BCUT2D eigenvalue weighted by Crippen LogP contribution is 2.41. The number of rotatable bonds is 6. The summed E-state index contributed by atoms with van der Waals surface area (Å²) in [4.78, 5) is 19.7. The molecular weight excluding hydrogens is 560 g/mol. The molecule has 5 nitrogen and oxygen atoms in total.